The lowest BCUT2D eigenvalue weighted by atomic mass is 9.78. The van der Waals surface area contributed by atoms with Gasteiger partial charge in [-0.3, -0.25) is 4.79 Å². The zero-order valence-corrected chi connectivity index (χ0v) is 19.2. The zero-order valence-electron chi connectivity index (χ0n) is 18.4. The molecule has 0 unspecified atom stereocenters. The number of carbonyl (C=O) groups is 2. The van der Waals surface area contributed by atoms with Crippen LogP contribution >= 0.6 is 11.6 Å². The Morgan fingerprint density at radius 3 is 2.34 bits per heavy atom. The molecule has 0 atom stereocenters. The molecule has 0 bridgehead atoms. The van der Waals surface area contributed by atoms with Crippen molar-refractivity contribution >= 4 is 35.0 Å². The number of methoxy groups -OCH3 is 1. The van der Waals surface area contributed by atoms with Crippen molar-refractivity contribution < 1.29 is 23.5 Å². The molecule has 0 aromatic heterocycles. The number of benzene rings is 2. The van der Waals surface area contributed by atoms with E-state index in [2.05, 4.69) is 10.6 Å². The van der Waals surface area contributed by atoms with Gasteiger partial charge < -0.3 is 20.1 Å². The van der Waals surface area contributed by atoms with E-state index in [0.717, 1.165) is 31.2 Å². The topological polar surface area (TPSA) is 76.7 Å². The van der Waals surface area contributed by atoms with Crippen molar-refractivity contribution in [1.29, 1.82) is 0 Å². The van der Waals surface area contributed by atoms with E-state index in [-0.39, 0.29) is 29.6 Å². The van der Waals surface area contributed by atoms with E-state index < -0.39 is 11.8 Å². The first-order valence-corrected chi connectivity index (χ1v) is 11.1. The number of amides is 2. The lowest BCUT2D eigenvalue weighted by Crippen LogP contribution is -2.25. The van der Waals surface area contributed by atoms with Crippen LogP contribution in [-0.2, 0) is 9.53 Å². The van der Waals surface area contributed by atoms with Crippen LogP contribution in [0.3, 0.4) is 0 Å². The van der Waals surface area contributed by atoms with Crippen LogP contribution in [-0.4, -0.2) is 25.2 Å². The van der Waals surface area contributed by atoms with E-state index in [1.807, 2.05) is 19.9 Å². The Morgan fingerprint density at radius 1 is 1.03 bits per heavy atom. The normalized spacial score (nSPS) is 18.2. The maximum atomic E-state index is 14.7. The molecule has 1 fully saturated rings. The van der Waals surface area contributed by atoms with Crippen LogP contribution in [0.15, 0.2) is 36.4 Å². The summed E-state index contributed by atoms with van der Waals surface area (Å²) in [4.78, 5) is 24.4. The monoisotopic (exact) mass is 462 g/mol. The molecule has 0 aliphatic heterocycles. The minimum atomic E-state index is -0.610. The summed E-state index contributed by atoms with van der Waals surface area (Å²) in [6.45, 7) is 3.68. The summed E-state index contributed by atoms with van der Waals surface area (Å²) >= 11 is 5.97. The van der Waals surface area contributed by atoms with Gasteiger partial charge in [0.15, 0.2) is 0 Å². The maximum Gasteiger partial charge on any atom is 0.323 e. The largest absolute Gasteiger partial charge is 0.495 e. The number of rotatable bonds is 6. The van der Waals surface area contributed by atoms with Crippen molar-refractivity contribution in [3.63, 3.8) is 0 Å². The van der Waals surface area contributed by atoms with Gasteiger partial charge in [0, 0.05) is 5.02 Å². The molecule has 2 amide bonds. The first-order chi connectivity index (χ1) is 15.3. The van der Waals surface area contributed by atoms with E-state index in [1.165, 1.54) is 13.2 Å². The number of hydrogen-bond donors (Lipinski definition) is 2. The van der Waals surface area contributed by atoms with E-state index in [4.69, 9.17) is 21.1 Å². The molecular formula is C24H28ClFN2O4. The Hall–Kier alpha value is -2.80. The molecule has 2 aromatic rings. The number of esters is 1. The molecule has 2 N–H and O–H groups in total. The molecule has 1 aliphatic carbocycles. The zero-order chi connectivity index (χ0) is 23.3. The summed E-state index contributed by atoms with van der Waals surface area (Å²) in [7, 11) is 1.48. The molecule has 172 valence electrons. The molecular weight excluding hydrogens is 435 g/mol. The fourth-order valence-electron chi connectivity index (χ4n) is 3.93. The highest BCUT2D eigenvalue weighted by Gasteiger charge is 2.29. The number of carbonyl (C=O) groups excluding carboxylic acids is 2. The minimum absolute atomic E-state index is 0.0708. The van der Waals surface area contributed by atoms with Crippen molar-refractivity contribution in [1.82, 2.24) is 0 Å². The molecule has 6 nitrogen and oxygen atoms in total. The maximum absolute atomic E-state index is 14.7. The molecule has 8 heteroatoms. The second kappa shape index (κ2) is 10.7. The van der Waals surface area contributed by atoms with Gasteiger partial charge in [-0.2, -0.15) is 0 Å². The van der Waals surface area contributed by atoms with Gasteiger partial charge in [0.25, 0.3) is 0 Å². The molecule has 0 spiro atoms. The van der Waals surface area contributed by atoms with Gasteiger partial charge in [-0.1, -0.05) is 17.7 Å². The van der Waals surface area contributed by atoms with Gasteiger partial charge >= 0.3 is 12.0 Å². The Balaban J connectivity index is 1.59. The highest BCUT2D eigenvalue weighted by atomic mass is 35.5. The lowest BCUT2D eigenvalue weighted by Gasteiger charge is -2.28. The van der Waals surface area contributed by atoms with Crippen LogP contribution in [0, 0.1) is 11.7 Å². The number of anilines is 2. The smallest absolute Gasteiger partial charge is 0.323 e. The van der Waals surface area contributed by atoms with E-state index in [1.54, 1.807) is 24.3 Å². The molecule has 32 heavy (non-hydrogen) atoms. The lowest BCUT2D eigenvalue weighted by molar-refractivity contribution is -0.153. The average molecular weight is 463 g/mol. The number of nitrogens with one attached hydrogen (secondary N) is 2. The summed E-state index contributed by atoms with van der Waals surface area (Å²) in [6, 6.07) is 9.03. The van der Waals surface area contributed by atoms with Crippen LogP contribution in [0.2, 0.25) is 5.02 Å². The SMILES string of the molecule is COc1ccc(Cl)cc1NC(=O)Nc1ccc([C@H]2CC[C@H](C(=O)OC(C)C)CC2)cc1F. The van der Waals surface area contributed by atoms with Crippen molar-refractivity contribution in [3.05, 3.63) is 52.8 Å². The third-order valence-electron chi connectivity index (χ3n) is 5.53. The molecule has 2 aromatic carbocycles. The predicted octanol–water partition coefficient (Wildman–Crippen LogP) is 6.36. The number of halogens is 2. The average Bonchev–Trinajstić information content (AvgIpc) is 2.75. The van der Waals surface area contributed by atoms with Gasteiger partial charge in [-0.15, -0.1) is 0 Å². The first-order valence-electron chi connectivity index (χ1n) is 10.7. The summed E-state index contributed by atoms with van der Waals surface area (Å²) in [5.41, 5.74) is 1.31. The van der Waals surface area contributed by atoms with Gasteiger partial charge in [-0.25, -0.2) is 9.18 Å². The Kier molecular flexibility index (Phi) is 7.96. The fourth-order valence-corrected chi connectivity index (χ4v) is 4.10. The molecule has 3 rings (SSSR count). The van der Waals surface area contributed by atoms with Crippen molar-refractivity contribution in [2.75, 3.05) is 17.7 Å². The number of ether oxygens (including phenoxy) is 2. The highest BCUT2D eigenvalue weighted by Crippen LogP contribution is 2.37. The Morgan fingerprint density at radius 2 is 1.72 bits per heavy atom. The van der Waals surface area contributed by atoms with Crippen molar-refractivity contribution in [2.45, 2.75) is 51.6 Å². The third-order valence-corrected chi connectivity index (χ3v) is 5.77. The minimum Gasteiger partial charge on any atom is -0.495 e. The van der Waals surface area contributed by atoms with Crippen LogP contribution in [0.4, 0.5) is 20.6 Å². The van der Waals surface area contributed by atoms with Gasteiger partial charge in [0.2, 0.25) is 0 Å². The summed E-state index contributed by atoms with van der Waals surface area (Å²) in [5.74, 6) is -0.144. The van der Waals surface area contributed by atoms with E-state index in [0.29, 0.717) is 16.5 Å². The standard InChI is InChI=1S/C24H28ClFN2O4/c1-14(2)32-23(29)16-6-4-15(5-7-16)17-8-10-20(19(26)12-17)27-24(30)28-21-13-18(25)9-11-22(21)31-3/h8-16H,4-7H2,1-3H3,(H2,27,28,30)/t15-,16-. The third kappa shape index (κ3) is 6.13. The Bertz CT molecular complexity index is 974. The van der Waals surface area contributed by atoms with Crippen LogP contribution in [0.5, 0.6) is 5.75 Å². The van der Waals surface area contributed by atoms with Crippen molar-refractivity contribution in [3.8, 4) is 5.75 Å². The molecule has 1 saturated carbocycles. The number of urea groups is 1. The molecule has 0 radical (unpaired) electrons. The highest BCUT2D eigenvalue weighted by molar-refractivity contribution is 6.31. The van der Waals surface area contributed by atoms with E-state index >= 15 is 0 Å². The summed E-state index contributed by atoms with van der Waals surface area (Å²) in [5, 5.41) is 5.56. The van der Waals surface area contributed by atoms with Gasteiger partial charge in [0.1, 0.15) is 11.6 Å². The van der Waals surface area contributed by atoms with Gasteiger partial charge in [0.05, 0.1) is 30.5 Å². The molecule has 0 heterocycles. The fraction of sp³-hybridized carbons (Fsp3) is 0.417. The van der Waals surface area contributed by atoms with Crippen LogP contribution in [0.1, 0.15) is 51.0 Å². The van der Waals surface area contributed by atoms with E-state index in [9.17, 15) is 14.0 Å². The van der Waals surface area contributed by atoms with Crippen LogP contribution in [0.25, 0.3) is 0 Å². The Labute approximate surface area is 192 Å². The van der Waals surface area contributed by atoms with Crippen LogP contribution < -0.4 is 15.4 Å². The summed E-state index contributed by atoms with van der Waals surface area (Å²) in [6.07, 6.45) is 2.91. The number of hydrogen-bond acceptors (Lipinski definition) is 4. The van der Waals surface area contributed by atoms with Crippen molar-refractivity contribution in [2.24, 2.45) is 5.92 Å². The molecule has 1 aliphatic rings. The molecule has 0 saturated heterocycles. The second-order valence-corrected chi connectivity index (χ2v) is 8.63. The first kappa shape index (κ1) is 23.9. The summed E-state index contributed by atoms with van der Waals surface area (Å²) < 4.78 is 25.2. The predicted molar refractivity (Wildman–Crippen MR) is 123 cm³/mol. The second-order valence-electron chi connectivity index (χ2n) is 8.20. The quantitative estimate of drug-likeness (QED) is 0.490. The van der Waals surface area contributed by atoms with Gasteiger partial charge in [-0.05, 0) is 81.3 Å².